The fourth-order valence-corrected chi connectivity index (χ4v) is 2.21. The van der Waals surface area contributed by atoms with E-state index in [2.05, 4.69) is 26.7 Å². The number of aryl methyl sites for hydroxylation is 1. The van der Waals surface area contributed by atoms with Crippen LogP contribution in [-0.4, -0.2) is 9.97 Å². The average Bonchev–Trinajstić information content (AvgIpc) is 2.57. The topological polar surface area (TPSA) is 73.6 Å². The molecule has 0 saturated carbocycles. The molecule has 5 nitrogen and oxygen atoms in total. The van der Waals surface area contributed by atoms with E-state index in [9.17, 15) is 8.78 Å². The number of rotatable bonds is 4. The third-order valence-corrected chi connectivity index (χ3v) is 3.30. The van der Waals surface area contributed by atoms with Crippen LogP contribution in [-0.2, 0) is 0 Å². The zero-order valence-corrected chi connectivity index (χ0v) is 13.2. The lowest BCUT2D eigenvalue weighted by atomic mass is 10.2. The molecule has 7 heteroatoms. The summed E-state index contributed by atoms with van der Waals surface area (Å²) in [7, 11) is 0. The predicted octanol–water partition coefficient (Wildman–Crippen LogP) is 4.42. The maximum Gasteiger partial charge on any atom is 0.229 e. The number of nitriles is 1. The first-order valence-electron chi connectivity index (χ1n) is 7.38. The summed E-state index contributed by atoms with van der Waals surface area (Å²) < 4.78 is 26.7. The highest BCUT2D eigenvalue weighted by atomic mass is 19.1. The van der Waals surface area contributed by atoms with Gasteiger partial charge in [0.05, 0.1) is 17.3 Å². The van der Waals surface area contributed by atoms with Crippen LogP contribution >= 0.6 is 0 Å². The van der Waals surface area contributed by atoms with Crippen LogP contribution in [0.1, 0.15) is 11.3 Å². The number of benzene rings is 2. The Morgan fingerprint density at radius 3 is 2.60 bits per heavy atom. The number of halogens is 2. The minimum atomic E-state index is -0.735. The van der Waals surface area contributed by atoms with Gasteiger partial charge in [0.15, 0.2) is 0 Å². The van der Waals surface area contributed by atoms with Crippen LogP contribution in [0.3, 0.4) is 0 Å². The second kappa shape index (κ2) is 6.93. The molecular formula is C18H13F2N5. The van der Waals surface area contributed by atoms with Crippen molar-refractivity contribution in [1.82, 2.24) is 9.97 Å². The van der Waals surface area contributed by atoms with E-state index in [1.54, 1.807) is 37.3 Å². The van der Waals surface area contributed by atoms with Gasteiger partial charge in [-0.15, -0.1) is 0 Å². The van der Waals surface area contributed by atoms with Gasteiger partial charge in [0.2, 0.25) is 5.95 Å². The molecule has 25 heavy (non-hydrogen) atoms. The lowest BCUT2D eigenvalue weighted by molar-refractivity contribution is 0.586. The minimum Gasteiger partial charge on any atom is -0.340 e. The standard InChI is InChI=1S/C18H13F2N5/c1-11-7-17(23-14-4-2-3-12(8-14)10-21)25-18(22-11)24-16-6-5-13(19)9-15(16)20/h2-9H,1H3,(H2,22,23,24,25). The first-order valence-corrected chi connectivity index (χ1v) is 7.38. The molecule has 1 heterocycles. The summed E-state index contributed by atoms with van der Waals surface area (Å²) in [5.74, 6) is -0.744. The molecule has 0 aliphatic carbocycles. The van der Waals surface area contributed by atoms with E-state index in [-0.39, 0.29) is 11.6 Å². The highest BCUT2D eigenvalue weighted by molar-refractivity contribution is 5.61. The van der Waals surface area contributed by atoms with Crippen LogP contribution in [0.15, 0.2) is 48.5 Å². The molecule has 0 bridgehead atoms. The molecular weight excluding hydrogens is 324 g/mol. The van der Waals surface area contributed by atoms with Crippen LogP contribution in [0.4, 0.5) is 31.9 Å². The molecule has 0 atom stereocenters. The molecule has 3 rings (SSSR count). The molecule has 0 spiro atoms. The lowest BCUT2D eigenvalue weighted by Gasteiger charge is -2.10. The van der Waals surface area contributed by atoms with E-state index in [4.69, 9.17) is 5.26 Å². The first-order chi connectivity index (χ1) is 12.0. The summed E-state index contributed by atoms with van der Waals surface area (Å²) in [5.41, 5.74) is 1.93. The van der Waals surface area contributed by atoms with Crippen LogP contribution in [0, 0.1) is 29.9 Å². The number of nitrogens with one attached hydrogen (secondary N) is 2. The molecule has 0 aliphatic heterocycles. The van der Waals surface area contributed by atoms with Gasteiger partial charge in [-0.1, -0.05) is 6.07 Å². The monoisotopic (exact) mass is 337 g/mol. The van der Waals surface area contributed by atoms with Gasteiger partial charge >= 0.3 is 0 Å². The molecule has 2 N–H and O–H groups in total. The van der Waals surface area contributed by atoms with Crippen molar-refractivity contribution in [2.75, 3.05) is 10.6 Å². The van der Waals surface area contributed by atoms with Crippen molar-refractivity contribution in [2.45, 2.75) is 6.92 Å². The summed E-state index contributed by atoms with van der Waals surface area (Å²) in [6, 6.07) is 13.9. The fraction of sp³-hybridized carbons (Fsp3) is 0.0556. The summed E-state index contributed by atoms with van der Waals surface area (Å²) in [6.07, 6.45) is 0. The molecule has 0 amide bonds. The number of anilines is 4. The number of nitrogens with zero attached hydrogens (tertiary/aromatic N) is 3. The normalized spacial score (nSPS) is 10.2. The van der Waals surface area contributed by atoms with Crippen molar-refractivity contribution in [3.8, 4) is 6.07 Å². The van der Waals surface area contributed by atoms with E-state index < -0.39 is 11.6 Å². The predicted molar refractivity (Wildman–Crippen MR) is 90.8 cm³/mol. The minimum absolute atomic E-state index is 0.0735. The van der Waals surface area contributed by atoms with Gasteiger partial charge in [-0.25, -0.2) is 13.8 Å². The summed E-state index contributed by atoms with van der Waals surface area (Å²) >= 11 is 0. The average molecular weight is 337 g/mol. The highest BCUT2D eigenvalue weighted by Crippen LogP contribution is 2.22. The molecule has 0 unspecified atom stereocenters. The second-order valence-electron chi connectivity index (χ2n) is 5.28. The zero-order valence-electron chi connectivity index (χ0n) is 13.2. The highest BCUT2D eigenvalue weighted by Gasteiger charge is 2.08. The largest absolute Gasteiger partial charge is 0.340 e. The van der Waals surface area contributed by atoms with Crippen LogP contribution in [0.2, 0.25) is 0 Å². The quantitative estimate of drug-likeness (QED) is 0.737. The van der Waals surface area contributed by atoms with Gasteiger partial charge in [0.1, 0.15) is 17.5 Å². The van der Waals surface area contributed by atoms with Crippen molar-refractivity contribution in [1.29, 1.82) is 5.26 Å². The van der Waals surface area contributed by atoms with Crippen molar-refractivity contribution in [3.05, 3.63) is 71.4 Å². The number of hydrogen-bond acceptors (Lipinski definition) is 5. The SMILES string of the molecule is Cc1cc(Nc2cccc(C#N)c2)nc(Nc2ccc(F)cc2F)n1. The van der Waals surface area contributed by atoms with Crippen molar-refractivity contribution < 1.29 is 8.78 Å². The van der Waals surface area contributed by atoms with E-state index >= 15 is 0 Å². The Morgan fingerprint density at radius 1 is 1.00 bits per heavy atom. The van der Waals surface area contributed by atoms with Crippen LogP contribution < -0.4 is 10.6 Å². The Labute approximate surface area is 143 Å². The summed E-state index contributed by atoms with van der Waals surface area (Å²) in [4.78, 5) is 8.46. The van der Waals surface area contributed by atoms with Crippen LogP contribution in [0.5, 0.6) is 0 Å². The Balaban J connectivity index is 1.86. The van der Waals surface area contributed by atoms with E-state index in [0.29, 0.717) is 22.8 Å². The fourth-order valence-electron chi connectivity index (χ4n) is 2.21. The van der Waals surface area contributed by atoms with E-state index in [1.807, 2.05) is 0 Å². The number of hydrogen-bond donors (Lipinski definition) is 2. The second-order valence-corrected chi connectivity index (χ2v) is 5.28. The van der Waals surface area contributed by atoms with Gasteiger partial charge in [-0.2, -0.15) is 10.2 Å². The van der Waals surface area contributed by atoms with Gasteiger partial charge in [0.25, 0.3) is 0 Å². The van der Waals surface area contributed by atoms with Crippen LogP contribution in [0.25, 0.3) is 0 Å². The molecule has 1 aromatic heterocycles. The van der Waals surface area contributed by atoms with Crippen molar-refractivity contribution >= 4 is 23.1 Å². The molecule has 2 aromatic carbocycles. The van der Waals surface area contributed by atoms with E-state index in [1.165, 1.54) is 6.07 Å². The van der Waals surface area contributed by atoms with Gasteiger partial charge in [-0.05, 0) is 37.3 Å². The molecule has 0 fully saturated rings. The molecule has 0 aliphatic rings. The first kappa shape index (κ1) is 16.3. The molecule has 3 aromatic rings. The maximum atomic E-state index is 13.8. The lowest BCUT2D eigenvalue weighted by Crippen LogP contribution is -2.03. The smallest absolute Gasteiger partial charge is 0.229 e. The summed E-state index contributed by atoms with van der Waals surface area (Å²) in [5, 5.41) is 14.8. The molecule has 124 valence electrons. The Hall–Kier alpha value is -3.53. The molecule has 0 saturated heterocycles. The Morgan fingerprint density at radius 2 is 1.84 bits per heavy atom. The zero-order chi connectivity index (χ0) is 17.8. The van der Waals surface area contributed by atoms with Gasteiger partial charge in [0, 0.05) is 23.5 Å². The van der Waals surface area contributed by atoms with Crippen molar-refractivity contribution in [2.24, 2.45) is 0 Å². The summed E-state index contributed by atoms with van der Waals surface area (Å²) in [6.45, 7) is 1.77. The van der Waals surface area contributed by atoms with E-state index in [0.717, 1.165) is 12.1 Å². The van der Waals surface area contributed by atoms with Gasteiger partial charge < -0.3 is 10.6 Å². The Bertz CT molecular complexity index is 966. The van der Waals surface area contributed by atoms with Crippen molar-refractivity contribution in [3.63, 3.8) is 0 Å². The third-order valence-electron chi connectivity index (χ3n) is 3.30. The maximum absolute atomic E-state index is 13.8. The number of aromatic nitrogens is 2. The van der Waals surface area contributed by atoms with Gasteiger partial charge in [-0.3, -0.25) is 0 Å². The molecule has 0 radical (unpaired) electrons. The Kier molecular flexibility index (Phi) is 4.53. The third kappa shape index (κ3) is 4.06.